The van der Waals surface area contributed by atoms with E-state index in [-0.39, 0.29) is 0 Å². The van der Waals surface area contributed by atoms with Crippen molar-refractivity contribution >= 4 is 49.6 Å². The van der Waals surface area contributed by atoms with E-state index in [0.29, 0.717) is 0 Å². The predicted octanol–water partition coefficient (Wildman–Crippen LogP) is 16.1. The van der Waals surface area contributed by atoms with Crippen LogP contribution in [0.5, 0.6) is 0 Å². The first-order valence-corrected chi connectivity index (χ1v) is 20.6. The number of aromatic nitrogens is 1. The molecule has 11 rings (SSSR count). The van der Waals surface area contributed by atoms with E-state index in [4.69, 9.17) is 0 Å². The Morgan fingerprint density at radius 3 is 1.55 bits per heavy atom. The van der Waals surface area contributed by atoms with E-state index < -0.39 is 0 Å². The summed E-state index contributed by atoms with van der Waals surface area (Å²) in [7, 11) is 0. The lowest BCUT2D eigenvalue weighted by Gasteiger charge is -2.29. The van der Waals surface area contributed by atoms with Crippen LogP contribution in [0, 0.1) is 0 Å². The number of benzene rings is 10. The Morgan fingerprint density at radius 1 is 0.300 bits per heavy atom. The fourth-order valence-corrected chi connectivity index (χ4v) is 9.03. The number of hydrogen-bond acceptors (Lipinski definition) is 1. The summed E-state index contributed by atoms with van der Waals surface area (Å²) in [5, 5.41) is 5.00. The molecule has 0 N–H and O–H groups in total. The molecule has 1 heterocycles. The first kappa shape index (κ1) is 35.2. The molecule has 0 atom stereocenters. The summed E-state index contributed by atoms with van der Waals surface area (Å²) in [6.45, 7) is 0. The zero-order valence-corrected chi connectivity index (χ0v) is 33.0. The maximum atomic E-state index is 2.45. The summed E-state index contributed by atoms with van der Waals surface area (Å²) < 4.78 is 2.42. The quantitative estimate of drug-likeness (QED) is 0.150. The highest BCUT2D eigenvalue weighted by Gasteiger charge is 2.22. The smallest absolute Gasteiger partial charge is 0.0547 e. The van der Waals surface area contributed by atoms with Crippen molar-refractivity contribution in [2.24, 2.45) is 0 Å². The number of hydrogen-bond donors (Lipinski definition) is 0. The second-order valence-corrected chi connectivity index (χ2v) is 15.3. The molecule has 0 aliphatic heterocycles. The van der Waals surface area contributed by atoms with Crippen LogP contribution < -0.4 is 4.90 Å². The summed E-state index contributed by atoms with van der Waals surface area (Å²) in [6, 6.07) is 88.0. The highest BCUT2D eigenvalue weighted by molar-refractivity contribution is 6.25. The molecule has 1 aromatic heterocycles. The fraction of sp³-hybridized carbons (Fsp3) is 0. The van der Waals surface area contributed by atoms with Crippen LogP contribution in [0.4, 0.5) is 17.1 Å². The Morgan fingerprint density at radius 2 is 0.833 bits per heavy atom. The van der Waals surface area contributed by atoms with Crippen molar-refractivity contribution in [3.05, 3.63) is 243 Å². The average Bonchev–Trinajstić information content (AvgIpc) is 3.68. The van der Waals surface area contributed by atoms with Crippen LogP contribution in [0.15, 0.2) is 243 Å². The molecule has 0 fully saturated rings. The Kier molecular flexibility index (Phi) is 8.87. The van der Waals surface area contributed by atoms with Crippen LogP contribution in [0.25, 0.3) is 82.8 Å². The molecule has 0 radical (unpaired) electrons. The van der Waals surface area contributed by atoms with E-state index in [9.17, 15) is 0 Å². The van der Waals surface area contributed by atoms with Crippen molar-refractivity contribution in [1.29, 1.82) is 0 Å². The third-order valence-electron chi connectivity index (χ3n) is 11.7. The Hall–Kier alpha value is -7.94. The number of anilines is 3. The standard InChI is InChI=1S/C58H40N2/c1-5-19-41(20-6-1)46-37-47(42-21-7-2-8-22-42)40-50(39-46)59(54-33-16-15-30-51(54)43-23-9-3-10-24-43)49-29-17-26-45(38-49)53-32-18-34-55-58(53)57-52-31-14-13-25-44(52)35-36-56(57)60(55)48-27-11-4-12-28-48/h1-40H. The molecule has 2 nitrogen and oxygen atoms in total. The van der Waals surface area contributed by atoms with Gasteiger partial charge in [0.25, 0.3) is 0 Å². The molecule has 10 aromatic carbocycles. The number of para-hydroxylation sites is 2. The van der Waals surface area contributed by atoms with Gasteiger partial charge in [0.15, 0.2) is 0 Å². The molecule has 0 spiro atoms. The summed E-state index contributed by atoms with van der Waals surface area (Å²) in [4.78, 5) is 2.45. The predicted molar refractivity (Wildman–Crippen MR) is 255 cm³/mol. The molecule has 0 saturated heterocycles. The van der Waals surface area contributed by atoms with Gasteiger partial charge in [-0.3, -0.25) is 0 Å². The largest absolute Gasteiger partial charge is 0.310 e. The van der Waals surface area contributed by atoms with Gasteiger partial charge in [0.05, 0.1) is 16.7 Å². The van der Waals surface area contributed by atoms with E-state index >= 15 is 0 Å². The Bertz CT molecular complexity index is 3240. The van der Waals surface area contributed by atoms with E-state index in [1.54, 1.807) is 0 Å². The van der Waals surface area contributed by atoms with Crippen LogP contribution in [0.3, 0.4) is 0 Å². The average molecular weight is 765 g/mol. The van der Waals surface area contributed by atoms with Gasteiger partial charge >= 0.3 is 0 Å². The van der Waals surface area contributed by atoms with Crippen molar-refractivity contribution in [2.75, 3.05) is 4.90 Å². The van der Waals surface area contributed by atoms with E-state index in [2.05, 4.69) is 252 Å². The molecule has 0 aliphatic carbocycles. The van der Waals surface area contributed by atoms with Crippen LogP contribution in [0.1, 0.15) is 0 Å². The minimum Gasteiger partial charge on any atom is -0.310 e. The van der Waals surface area contributed by atoms with Crippen molar-refractivity contribution in [1.82, 2.24) is 4.57 Å². The number of nitrogens with zero attached hydrogens (tertiary/aromatic N) is 2. The monoisotopic (exact) mass is 764 g/mol. The van der Waals surface area contributed by atoms with Gasteiger partial charge in [-0.1, -0.05) is 182 Å². The van der Waals surface area contributed by atoms with Gasteiger partial charge in [-0.25, -0.2) is 0 Å². The van der Waals surface area contributed by atoms with Crippen LogP contribution in [-0.4, -0.2) is 4.57 Å². The molecule has 0 unspecified atom stereocenters. The second-order valence-electron chi connectivity index (χ2n) is 15.3. The highest BCUT2D eigenvalue weighted by atomic mass is 15.1. The minimum absolute atomic E-state index is 1.08. The number of rotatable bonds is 8. The SMILES string of the molecule is c1ccc(-c2cc(-c3ccccc3)cc(N(c3cccc(-c4cccc5c4c4c6ccccc6ccc4n5-c4ccccc4)c3)c3ccccc3-c3ccccc3)c2)cc1. The molecule has 282 valence electrons. The summed E-state index contributed by atoms with van der Waals surface area (Å²) in [5.41, 5.74) is 16.2. The van der Waals surface area contributed by atoms with Crippen LogP contribution in [-0.2, 0) is 0 Å². The van der Waals surface area contributed by atoms with E-state index in [1.165, 1.54) is 54.8 Å². The van der Waals surface area contributed by atoms with Gasteiger partial charge in [0.2, 0.25) is 0 Å². The first-order valence-electron chi connectivity index (χ1n) is 20.6. The first-order chi connectivity index (χ1) is 29.8. The summed E-state index contributed by atoms with van der Waals surface area (Å²) in [6.07, 6.45) is 0. The van der Waals surface area contributed by atoms with Gasteiger partial charge in [-0.05, 0) is 110 Å². The number of fused-ring (bicyclic) bond motifs is 5. The van der Waals surface area contributed by atoms with Crippen molar-refractivity contribution in [2.45, 2.75) is 0 Å². The topological polar surface area (TPSA) is 8.17 Å². The maximum absolute atomic E-state index is 2.45. The van der Waals surface area contributed by atoms with Crippen molar-refractivity contribution in [3.8, 4) is 50.2 Å². The Balaban J connectivity index is 1.19. The zero-order valence-electron chi connectivity index (χ0n) is 33.0. The van der Waals surface area contributed by atoms with Gasteiger partial charge in [-0.2, -0.15) is 0 Å². The maximum Gasteiger partial charge on any atom is 0.0547 e. The fourth-order valence-electron chi connectivity index (χ4n) is 9.03. The lowest BCUT2D eigenvalue weighted by atomic mass is 9.95. The lowest BCUT2D eigenvalue weighted by molar-refractivity contribution is 1.18. The molecular formula is C58H40N2. The van der Waals surface area contributed by atoms with Crippen LogP contribution >= 0.6 is 0 Å². The molecule has 60 heavy (non-hydrogen) atoms. The molecule has 11 aromatic rings. The normalized spacial score (nSPS) is 11.3. The van der Waals surface area contributed by atoms with Gasteiger partial charge in [-0.15, -0.1) is 0 Å². The van der Waals surface area contributed by atoms with Crippen molar-refractivity contribution in [3.63, 3.8) is 0 Å². The third-order valence-corrected chi connectivity index (χ3v) is 11.7. The lowest BCUT2D eigenvalue weighted by Crippen LogP contribution is -2.12. The van der Waals surface area contributed by atoms with Gasteiger partial charge in [0, 0.05) is 33.4 Å². The molecule has 0 bridgehead atoms. The Labute approximate surface area is 350 Å². The third kappa shape index (κ3) is 6.23. The summed E-state index contributed by atoms with van der Waals surface area (Å²) >= 11 is 0. The van der Waals surface area contributed by atoms with Gasteiger partial charge in [0.1, 0.15) is 0 Å². The van der Waals surface area contributed by atoms with E-state index in [0.717, 1.165) is 45.0 Å². The second kappa shape index (κ2) is 15.1. The highest BCUT2D eigenvalue weighted by Crippen LogP contribution is 2.46. The van der Waals surface area contributed by atoms with Gasteiger partial charge < -0.3 is 9.47 Å². The molecule has 0 saturated carbocycles. The molecule has 0 amide bonds. The molecule has 2 heteroatoms. The molecule has 0 aliphatic rings. The van der Waals surface area contributed by atoms with E-state index in [1.807, 2.05) is 0 Å². The molecular weight excluding hydrogens is 725 g/mol. The zero-order chi connectivity index (χ0) is 39.8. The van der Waals surface area contributed by atoms with Crippen molar-refractivity contribution < 1.29 is 0 Å². The summed E-state index contributed by atoms with van der Waals surface area (Å²) in [5.74, 6) is 0. The minimum atomic E-state index is 1.08. The van der Waals surface area contributed by atoms with Crippen LogP contribution in [0.2, 0.25) is 0 Å².